The molecule has 3 N–H and O–H groups in total. The zero-order valence-electron chi connectivity index (χ0n) is 12.2. The van der Waals surface area contributed by atoms with Crippen LogP contribution in [0.1, 0.15) is 16.8 Å². The Labute approximate surface area is 127 Å². The van der Waals surface area contributed by atoms with Crippen LogP contribution in [0.2, 0.25) is 0 Å². The van der Waals surface area contributed by atoms with E-state index in [0.717, 1.165) is 33.9 Å². The number of benzene rings is 1. The number of aromatic nitrogens is 1. The van der Waals surface area contributed by atoms with Crippen molar-refractivity contribution in [3.8, 4) is 5.75 Å². The van der Waals surface area contributed by atoms with Crippen molar-refractivity contribution >= 4 is 11.3 Å². The molecule has 0 saturated carbocycles. The third kappa shape index (κ3) is 4.70. The Balaban J connectivity index is 1.74. The Morgan fingerprint density at radius 2 is 2.10 bits per heavy atom. The van der Waals surface area contributed by atoms with E-state index in [1.807, 2.05) is 32.0 Å². The SMILES string of the molecule is Cc1cccc(C)c1OCC(O)CNCc1csc(=O)[nH]1. The van der Waals surface area contributed by atoms with Crippen molar-refractivity contribution < 1.29 is 9.84 Å². The molecule has 1 aromatic carbocycles. The van der Waals surface area contributed by atoms with Crippen LogP contribution in [-0.2, 0) is 6.54 Å². The Bertz CT molecular complexity index is 616. The van der Waals surface area contributed by atoms with Gasteiger partial charge in [-0.2, -0.15) is 0 Å². The van der Waals surface area contributed by atoms with E-state index in [1.165, 1.54) is 0 Å². The molecule has 0 spiro atoms. The van der Waals surface area contributed by atoms with E-state index < -0.39 is 6.10 Å². The standard InChI is InChI=1S/C15H20N2O3S/c1-10-4-3-5-11(2)14(10)20-8-13(18)7-16-6-12-9-21-15(19)17-12/h3-5,9,13,16,18H,6-8H2,1-2H3,(H,17,19). The zero-order chi connectivity index (χ0) is 15.2. The number of ether oxygens (including phenoxy) is 1. The molecule has 0 amide bonds. The van der Waals surface area contributed by atoms with E-state index in [9.17, 15) is 9.90 Å². The molecule has 1 unspecified atom stereocenters. The molecule has 0 aliphatic heterocycles. The maximum Gasteiger partial charge on any atom is 0.304 e. The van der Waals surface area contributed by atoms with Crippen molar-refractivity contribution in [2.45, 2.75) is 26.5 Å². The van der Waals surface area contributed by atoms with Crippen LogP contribution in [0.15, 0.2) is 28.4 Å². The minimum Gasteiger partial charge on any atom is -0.490 e. The van der Waals surface area contributed by atoms with E-state index in [2.05, 4.69) is 10.3 Å². The molecule has 5 nitrogen and oxygen atoms in total. The fourth-order valence-corrected chi connectivity index (χ4v) is 2.62. The van der Waals surface area contributed by atoms with Crippen molar-refractivity contribution in [1.29, 1.82) is 0 Å². The lowest BCUT2D eigenvalue weighted by molar-refractivity contribution is 0.105. The van der Waals surface area contributed by atoms with Gasteiger partial charge < -0.3 is 20.1 Å². The molecule has 1 aromatic heterocycles. The Kier molecular flexibility index (Phi) is 5.55. The molecule has 21 heavy (non-hydrogen) atoms. The second-order valence-corrected chi connectivity index (χ2v) is 5.83. The van der Waals surface area contributed by atoms with Gasteiger partial charge in [-0.05, 0) is 25.0 Å². The molecule has 0 bridgehead atoms. The van der Waals surface area contributed by atoms with E-state index in [1.54, 1.807) is 5.38 Å². The van der Waals surface area contributed by atoms with Crippen LogP contribution in [0, 0.1) is 13.8 Å². The summed E-state index contributed by atoms with van der Waals surface area (Å²) in [7, 11) is 0. The van der Waals surface area contributed by atoms with Gasteiger partial charge in [0.1, 0.15) is 18.5 Å². The van der Waals surface area contributed by atoms with Crippen LogP contribution in [0.25, 0.3) is 0 Å². The van der Waals surface area contributed by atoms with Crippen LogP contribution < -0.4 is 14.9 Å². The molecule has 2 aromatic rings. The molecule has 6 heteroatoms. The van der Waals surface area contributed by atoms with Gasteiger partial charge >= 0.3 is 4.87 Å². The first-order chi connectivity index (χ1) is 10.1. The first-order valence-corrected chi connectivity index (χ1v) is 7.68. The lowest BCUT2D eigenvalue weighted by atomic mass is 10.1. The summed E-state index contributed by atoms with van der Waals surface area (Å²) in [6, 6.07) is 5.96. The Morgan fingerprint density at radius 1 is 1.38 bits per heavy atom. The maximum atomic E-state index is 11.0. The number of aromatic amines is 1. The van der Waals surface area contributed by atoms with Crippen molar-refractivity contribution in [2.24, 2.45) is 0 Å². The number of hydrogen-bond donors (Lipinski definition) is 3. The average molecular weight is 308 g/mol. The summed E-state index contributed by atoms with van der Waals surface area (Å²) in [5.41, 5.74) is 2.95. The highest BCUT2D eigenvalue weighted by atomic mass is 32.1. The number of aryl methyl sites for hydroxylation is 2. The topological polar surface area (TPSA) is 74.3 Å². The average Bonchev–Trinajstić information content (AvgIpc) is 2.84. The van der Waals surface area contributed by atoms with Crippen LogP contribution >= 0.6 is 11.3 Å². The minimum atomic E-state index is -0.602. The fourth-order valence-electron chi connectivity index (χ4n) is 2.04. The summed E-state index contributed by atoms with van der Waals surface area (Å²) in [4.78, 5) is 13.6. The fraction of sp³-hybridized carbons (Fsp3) is 0.400. The molecule has 2 rings (SSSR count). The predicted molar refractivity (Wildman–Crippen MR) is 84.1 cm³/mol. The summed E-state index contributed by atoms with van der Waals surface area (Å²) in [5, 5.41) is 14.8. The molecule has 114 valence electrons. The maximum absolute atomic E-state index is 11.0. The molecule has 0 saturated heterocycles. The lowest BCUT2D eigenvalue weighted by Crippen LogP contribution is -2.31. The summed E-state index contributed by atoms with van der Waals surface area (Å²) >= 11 is 1.14. The number of hydrogen-bond acceptors (Lipinski definition) is 5. The van der Waals surface area contributed by atoms with Gasteiger partial charge in [0.2, 0.25) is 0 Å². The summed E-state index contributed by atoms with van der Waals surface area (Å²) in [6.07, 6.45) is -0.602. The van der Waals surface area contributed by atoms with Gasteiger partial charge in [-0.3, -0.25) is 4.79 Å². The highest BCUT2D eigenvalue weighted by Crippen LogP contribution is 2.22. The largest absolute Gasteiger partial charge is 0.490 e. The van der Waals surface area contributed by atoms with Gasteiger partial charge in [0.05, 0.1) is 0 Å². The highest BCUT2D eigenvalue weighted by Gasteiger charge is 2.08. The van der Waals surface area contributed by atoms with E-state index in [-0.39, 0.29) is 11.5 Å². The van der Waals surface area contributed by atoms with Crippen LogP contribution in [0.4, 0.5) is 0 Å². The quantitative estimate of drug-likeness (QED) is 0.726. The van der Waals surface area contributed by atoms with Gasteiger partial charge in [0.25, 0.3) is 0 Å². The van der Waals surface area contributed by atoms with Crippen LogP contribution in [-0.4, -0.2) is 29.3 Å². The van der Waals surface area contributed by atoms with Crippen molar-refractivity contribution in [3.05, 3.63) is 50.1 Å². The van der Waals surface area contributed by atoms with Crippen molar-refractivity contribution in [1.82, 2.24) is 10.3 Å². The van der Waals surface area contributed by atoms with Crippen molar-refractivity contribution in [3.63, 3.8) is 0 Å². The molecule has 0 aliphatic rings. The summed E-state index contributed by atoms with van der Waals surface area (Å²) in [6.45, 7) is 5.14. The van der Waals surface area contributed by atoms with E-state index >= 15 is 0 Å². The number of rotatable bonds is 7. The second kappa shape index (κ2) is 7.40. The zero-order valence-corrected chi connectivity index (χ0v) is 13.0. The second-order valence-electron chi connectivity index (χ2n) is 4.99. The van der Waals surface area contributed by atoms with Gasteiger partial charge in [0.15, 0.2) is 0 Å². The number of aliphatic hydroxyl groups excluding tert-OH is 1. The molecule has 0 aliphatic carbocycles. The highest BCUT2D eigenvalue weighted by molar-refractivity contribution is 7.07. The smallest absolute Gasteiger partial charge is 0.304 e. The summed E-state index contributed by atoms with van der Waals surface area (Å²) < 4.78 is 5.69. The number of nitrogens with one attached hydrogen (secondary N) is 2. The first kappa shape index (κ1) is 15.8. The number of aliphatic hydroxyl groups is 1. The molecular weight excluding hydrogens is 288 g/mol. The summed E-state index contributed by atoms with van der Waals surface area (Å²) in [5.74, 6) is 0.832. The molecule has 1 atom stereocenters. The monoisotopic (exact) mass is 308 g/mol. The third-order valence-corrected chi connectivity index (χ3v) is 3.81. The third-order valence-electron chi connectivity index (χ3n) is 3.10. The van der Waals surface area contributed by atoms with Gasteiger partial charge in [-0.1, -0.05) is 29.5 Å². The van der Waals surface area contributed by atoms with Gasteiger partial charge in [-0.15, -0.1) is 0 Å². The molecular formula is C15H20N2O3S. The molecule has 1 heterocycles. The van der Waals surface area contributed by atoms with Crippen molar-refractivity contribution in [2.75, 3.05) is 13.2 Å². The molecule has 0 fully saturated rings. The Morgan fingerprint density at radius 3 is 2.71 bits per heavy atom. The number of thiazole rings is 1. The van der Waals surface area contributed by atoms with E-state index in [0.29, 0.717) is 13.1 Å². The number of H-pyrrole nitrogens is 1. The van der Waals surface area contributed by atoms with Gasteiger partial charge in [-0.25, -0.2) is 0 Å². The van der Waals surface area contributed by atoms with Gasteiger partial charge in [0, 0.05) is 24.2 Å². The Hall–Kier alpha value is -1.63. The lowest BCUT2D eigenvalue weighted by Gasteiger charge is -2.16. The minimum absolute atomic E-state index is 0.0642. The number of para-hydroxylation sites is 1. The van der Waals surface area contributed by atoms with E-state index in [4.69, 9.17) is 4.74 Å². The first-order valence-electron chi connectivity index (χ1n) is 6.80. The molecule has 0 radical (unpaired) electrons. The van der Waals surface area contributed by atoms with Crippen LogP contribution in [0.5, 0.6) is 5.75 Å². The normalized spacial score (nSPS) is 12.3. The van der Waals surface area contributed by atoms with Crippen LogP contribution in [0.3, 0.4) is 0 Å². The predicted octanol–water partition coefficient (Wildman–Crippen LogP) is 1.58.